The summed E-state index contributed by atoms with van der Waals surface area (Å²) in [5.74, 6) is 2.84. The Labute approximate surface area is 180 Å². The van der Waals surface area contributed by atoms with E-state index in [0.717, 1.165) is 56.1 Å². The number of ether oxygens (including phenoxy) is 2. The molecule has 0 radical (unpaired) electrons. The molecule has 3 aliphatic rings. The van der Waals surface area contributed by atoms with Crippen LogP contribution < -0.4 is 0 Å². The Balaban J connectivity index is 1.50. The average molecular weight is 427 g/mol. The lowest BCUT2D eigenvalue weighted by molar-refractivity contribution is -0.327. The summed E-state index contributed by atoms with van der Waals surface area (Å²) in [5.41, 5.74) is 0.0718. The molecule has 2 heterocycles. The summed E-state index contributed by atoms with van der Waals surface area (Å²) >= 11 is 4.21. The Morgan fingerprint density at radius 3 is 2.71 bits per heavy atom. The highest BCUT2D eigenvalue weighted by Gasteiger charge is 2.49. The van der Waals surface area contributed by atoms with Crippen LogP contribution in [0.5, 0.6) is 0 Å². The molecule has 0 aromatic heterocycles. The largest absolute Gasteiger partial charge is 0.349 e. The van der Waals surface area contributed by atoms with Crippen LogP contribution in [0.15, 0.2) is 12.2 Å². The second kappa shape index (κ2) is 10.4. The molecule has 1 aliphatic carbocycles. The molecule has 0 amide bonds. The zero-order chi connectivity index (χ0) is 20.0. The van der Waals surface area contributed by atoms with Gasteiger partial charge in [0.1, 0.15) is 0 Å². The van der Waals surface area contributed by atoms with E-state index in [0.29, 0.717) is 12.3 Å². The lowest BCUT2D eigenvalue weighted by atomic mass is 9.83. The lowest BCUT2D eigenvalue weighted by Crippen LogP contribution is -2.52. The summed E-state index contributed by atoms with van der Waals surface area (Å²) in [6.07, 6.45) is 13.5. The van der Waals surface area contributed by atoms with Gasteiger partial charge in [0.15, 0.2) is 11.6 Å². The maximum Gasteiger partial charge on any atom is 0.169 e. The van der Waals surface area contributed by atoms with E-state index in [1.165, 1.54) is 17.9 Å². The van der Waals surface area contributed by atoms with Crippen molar-refractivity contribution < 1.29 is 14.3 Å². The maximum atomic E-state index is 12.0. The van der Waals surface area contributed by atoms with E-state index in [-0.39, 0.29) is 17.3 Å². The lowest BCUT2D eigenvalue weighted by Gasteiger charge is -2.47. The first-order valence-electron chi connectivity index (χ1n) is 11.2. The Bertz CT molecular complexity index is 542. The highest BCUT2D eigenvalue weighted by molar-refractivity contribution is 8.20. The second-order valence-corrected chi connectivity index (χ2v) is 12.2. The fourth-order valence-electron chi connectivity index (χ4n) is 4.46. The molecule has 3 rings (SSSR count). The van der Waals surface area contributed by atoms with Gasteiger partial charge in [-0.15, -0.1) is 23.5 Å². The summed E-state index contributed by atoms with van der Waals surface area (Å²) in [7, 11) is 0. The van der Waals surface area contributed by atoms with Crippen molar-refractivity contribution >= 4 is 29.3 Å². The van der Waals surface area contributed by atoms with Crippen molar-refractivity contribution in [2.24, 2.45) is 11.3 Å². The molecule has 0 bridgehead atoms. The number of rotatable bonds is 9. The summed E-state index contributed by atoms with van der Waals surface area (Å²) in [5, 5.41) is 0. The van der Waals surface area contributed by atoms with Crippen LogP contribution in [-0.4, -0.2) is 40.4 Å². The van der Waals surface area contributed by atoms with E-state index in [2.05, 4.69) is 50.4 Å². The standard InChI is InChI=1S/C23H38O3S2/c1-4-5-6-7-19(24)9-8-18-12-13-23(16-18)25-17-22(2,3)20(26-23)10-11-21-27-14-15-28-21/h8-9,18,20-21H,4-7,10-17H2,1-3H3/b9-8+. The molecule has 3 fully saturated rings. The number of allylic oxidation sites excluding steroid dienone is 2. The summed E-state index contributed by atoms with van der Waals surface area (Å²) in [6.45, 7) is 7.50. The van der Waals surface area contributed by atoms with Crippen LogP contribution in [0.2, 0.25) is 0 Å². The quantitative estimate of drug-likeness (QED) is 0.323. The number of thioether (sulfide) groups is 2. The summed E-state index contributed by atoms with van der Waals surface area (Å²) in [6, 6.07) is 0. The molecule has 0 aromatic rings. The normalized spacial score (nSPS) is 33.2. The van der Waals surface area contributed by atoms with Crippen molar-refractivity contribution in [2.75, 3.05) is 18.1 Å². The van der Waals surface area contributed by atoms with E-state index >= 15 is 0 Å². The molecule has 3 nitrogen and oxygen atoms in total. The molecule has 1 spiro atoms. The van der Waals surface area contributed by atoms with Gasteiger partial charge in [-0.1, -0.05) is 39.7 Å². The predicted octanol–water partition coefficient (Wildman–Crippen LogP) is 6.22. The van der Waals surface area contributed by atoms with Crippen LogP contribution in [0.1, 0.15) is 78.6 Å². The summed E-state index contributed by atoms with van der Waals surface area (Å²) in [4.78, 5) is 12.0. The molecule has 3 unspecified atom stereocenters. The number of hydrogen-bond donors (Lipinski definition) is 0. The highest BCUT2D eigenvalue weighted by atomic mass is 32.2. The fourth-order valence-corrected chi connectivity index (χ4v) is 7.32. The van der Waals surface area contributed by atoms with Gasteiger partial charge in [0, 0.05) is 36.2 Å². The van der Waals surface area contributed by atoms with E-state index in [9.17, 15) is 4.79 Å². The van der Waals surface area contributed by atoms with Crippen molar-refractivity contribution in [1.29, 1.82) is 0 Å². The van der Waals surface area contributed by atoms with Gasteiger partial charge in [0.25, 0.3) is 0 Å². The Hall–Kier alpha value is 0.0300. The minimum absolute atomic E-state index is 0.0718. The van der Waals surface area contributed by atoms with Gasteiger partial charge in [-0.2, -0.15) is 0 Å². The predicted molar refractivity (Wildman–Crippen MR) is 121 cm³/mol. The molecule has 2 aliphatic heterocycles. The first kappa shape index (κ1) is 22.7. The van der Waals surface area contributed by atoms with Crippen molar-refractivity contribution in [3.63, 3.8) is 0 Å². The van der Waals surface area contributed by atoms with E-state index in [1.54, 1.807) is 0 Å². The van der Waals surface area contributed by atoms with Crippen molar-refractivity contribution in [1.82, 2.24) is 0 Å². The van der Waals surface area contributed by atoms with Gasteiger partial charge in [-0.05, 0) is 37.7 Å². The molecular formula is C23H38O3S2. The van der Waals surface area contributed by atoms with Crippen molar-refractivity contribution in [2.45, 2.75) is 95.0 Å². The number of ketones is 1. The zero-order valence-corrected chi connectivity index (χ0v) is 19.5. The fraction of sp³-hybridized carbons (Fsp3) is 0.870. The maximum absolute atomic E-state index is 12.0. The first-order chi connectivity index (χ1) is 13.4. The van der Waals surface area contributed by atoms with Gasteiger partial charge in [-0.3, -0.25) is 4.79 Å². The molecule has 160 valence electrons. The molecule has 1 saturated carbocycles. The van der Waals surface area contributed by atoms with Crippen LogP contribution in [0, 0.1) is 11.3 Å². The van der Waals surface area contributed by atoms with Crippen LogP contribution in [-0.2, 0) is 14.3 Å². The van der Waals surface area contributed by atoms with Gasteiger partial charge in [0.2, 0.25) is 0 Å². The Morgan fingerprint density at radius 1 is 1.18 bits per heavy atom. The SMILES string of the molecule is CCCCCC(=O)/C=C/C1CCC2(C1)OCC(C)(C)C(CCC1SCCS1)O2. The molecule has 3 atom stereocenters. The number of carbonyl (C=O) groups is 1. The van der Waals surface area contributed by atoms with E-state index < -0.39 is 5.79 Å². The highest BCUT2D eigenvalue weighted by Crippen LogP contribution is 2.48. The first-order valence-corrected chi connectivity index (χ1v) is 13.3. The second-order valence-electron chi connectivity index (χ2n) is 9.33. The third-order valence-corrected chi connectivity index (χ3v) is 9.51. The van der Waals surface area contributed by atoms with Gasteiger partial charge < -0.3 is 9.47 Å². The monoisotopic (exact) mass is 426 g/mol. The third-order valence-electron chi connectivity index (χ3n) is 6.34. The summed E-state index contributed by atoms with van der Waals surface area (Å²) < 4.78 is 13.7. The number of carbonyl (C=O) groups excluding carboxylic acids is 1. The van der Waals surface area contributed by atoms with Crippen molar-refractivity contribution in [3.05, 3.63) is 12.2 Å². The van der Waals surface area contributed by atoms with Crippen LogP contribution >= 0.6 is 23.5 Å². The topological polar surface area (TPSA) is 35.5 Å². The smallest absolute Gasteiger partial charge is 0.169 e. The van der Waals surface area contributed by atoms with E-state index in [1.807, 2.05) is 6.08 Å². The molecule has 0 N–H and O–H groups in total. The third kappa shape index (κ3) is 6.26. The molecule has 0 aromatic carbocycles. The molecule has 5 heteroatoms. The van der Waals surface area contributed by atoms with Gasteiger partial charge in [-0.25, -0.2) is 0 Å². The number of hydrogen-bond acceptors (Lipinski definition) is 5. The van der Waals surface area contributed by atoms with Gasteiger partial charge in [0.05, 0.1) is 17.3 Å². The molecule has 28 heavy (non-hydrogen) atoms. The van der Waals surface area contributed by atoms with Crippen LogP contribution in [0.25, 0.3) is 0 Å². The molecular weight excluding hydrogens is 388 g/mol. The van der Waals surface area contributed by atoms with Crippen LogP contribution in [0.3, 0.4) is 0 Å². The molecule has 2 saturated heterocycles. The minimum Gasteiger partial charge on any atom is -0.349 e. The average Bonchev–Trinajstić information content (AvgIpc) is 3.32. The van der Waals surface area contributed by atoms with E-state index in [4.69, 9.17) is 9.47 Å². The van der Waals surface area contributed by atoms with Gasteiger partial charge >= 0.3 is 0 Å². The van der Waals surface area contributed by atoms with Crippen molar-refractivity contribution in [3.8, 4) is 0 Å². The Kier molecular flexibility index (Phi) is 8.41. The Morgan fingerprint density at radius 2 is 1.96 bits per heavy atom. The zero-order valence-electron chi connectivity index (χ0n) is 17.9. The number of unbranched alkanes of at least 4 members (excludes halogenated alkanes) is 2. The minimum atomic E-state index is -0.420. The van der Waals surface area contributed by atoms with Crippen LogP contribution in [0.4, 0.5) is 0 Å².